The lowest BCUT2D eigenvalue weighted by Crippen LogP contribution is -2.10. The molecule has 0 spiro atoms. The Hall–Kier alpha value is -3.02. The van der Waals surface area contributed by atoms with Crippen molar-refractivity contribution in [1.82, 2.24) is 10.1 Å². The van der Waals surface area contributed by atoms with Crippen molar-refractivity contribution in [1.29, 1.82) is 0 Å². The van der Waals surface area contributed by atoms with Crippen molar-refractivity contribution in [2.45, 2.75) is 0 Å². The largest absolute Gasteiger partial charge is 0.366 e. The van der Waals surface area contributed by atoms with Crippen molar-refractivity contribution < 1.29 is 13.7 Å². The first-order chi connectivity index (χ1) is 10.1. The summed E-state index contributed by atoms with van der Waals surface area (Å²) in [6.07, 6.45) is 0. The molecule has 1 amide bonds. The second-order valence-electron chi connectivity index (χ2n) is 4.37. The summed E-state index contributed by atoms with van der Waals surface area (Å²) in [5, 5.41) is 3.85. The molecule has 3 aromatic rings. The average Bonchev–Trinajstić information content (AvgIpc) is 2.98. The van der Waals surface area contributed by atoms with Gasteiger partial charge >= 0.3 is 0 Å². The molecule has 0 aliphatic heterocycles. The van der Waals surface area contributed by atoms with Crippen LogP contribution >= 0.6 is 0 Å². The molecule has 2 aromatic carbocycles. The lowest BCUT2D eigenvalue weighted by atomic mass is 10.1. The first kappa shape index (κ1) is 13.0. The number of primary amides is 1. The lowest BCUT2D eigenvalue weighted by Gasteiger charge is -1.96. The number of hydrogen-bond donors (Lipinski definition) is 1. The van der Waals surface area contributed by atoms with Crippen molar-refractivity contribution in [3.63, 3.8) is 0 Å². The van der Waals surface area contributed by atoms with Crippen LogP contribution in [0.3, 0.4) is 0 Å². The van der Waals surface area contributed by atoms with Crippen LogP contribution in [-0.4, -0.2) is 16.0 Å². The highest BCUT2D eigenvalue weighted by molar-refractivity contribution is 5.93. The van der Waals surface area contributed by atoms with Crippen LogP contribution in [0.15, 0.2) is 53.1 Å². The maximum absolute atomic E-state index is 12.9. The number of rotatable bonds is 3. The van der Waals surface area contributed by atoms with Crippen LogP contribution in [0.25, 0.3) is 22.8 Å². The topological polar surface area (TPSA) is 82.0 Å². The molecule has 21 heavy (non-hydrogen) atoms. The standard InChI is InChI=1S/C15H10FN3O2/c16-12-7-5-10(6-8-12)14-18-15(21-19-14)11-3-1-9(2-4-11)13(17)20/h1-8H,(H2,17,20). The van der Waals surface area contributed by atoms with E-state index in [1.807, 2.05) is 0 Å². The number of amides is 1. The number of hydrogen-bond acceptors (Lipinski definition) is 4. The molecule has 1 heterocycles. The summed E-state index contributed by atoms with van der Waals surface area (Å²) in [6, 6.07) is 12.3. The zero-order valence-corrected chi connectivity index (χ0v) is 10.8. The number of carbonyl (C=O) groups is 1. The first-order valence-electron chi connectivity index (χ1n) is 6.13. The normalized spacial score (nSPS) is 10.5. The van der Waals surface area contributed by atoms with Crippen LogP contribution in [0.2, 0.25) is 0 Å². The van der Waals surface area contributed by atoms with Gasteiger partial charge in [-0.25, -0.2) is 4.39 Å². The van der Waals surface area contributed by atoms with Gasteiger partial charge in [0.25, 0.3) is 5.89 Å². The highest BCUT2D eigenvalue weighted by atomic mass is 19.1. The van der Waals surface area contributed by atoms with E-state index in [0.717, 1.165) is 0 Å². The molecule has 0 fully saturated rings. The molecule has 3 rings (SSSR count). The van der Waals surface area contributed by atoms with Crippen LogP contribution < -0.4 is 5.73 Å². The van der Waals surface area contributed by atoms with E-state index in [9.17, 15) is 9.18 Å². The highest BCUT2D eigenvalue weighted by Crippen LogP contribution is 2.22. The van der Waals surface area contributed by atoms with Gasteiger partial charge < -0.3 is 10.3 Å². The van der Waals surface area contributed by atoms with Crippen molar-refractivity contribution in [3.8, 4) is 22.8 Å². The number of nitrogens with two attached hydrogens (primary N) is 1. The van der Waals surface area contributed by atoms with Crippen LogP contribution in [0.5, 0.6) is 0 Å². The minimum atomic E-state index is -0.501. The molecule has 5 nitrogen and oxygen atoms in total. The summed E-state index contributed by atoms with van der Waals surface area (Å²) < 4.78 is 18.0. The van der Waals surface area contributed by atoms with Gasteiger partial charge in [-0.2, -0.15) is 4.98 Å². The molecular weight excluding hydrogens is 273 g/mol. The van der Waals surface area contributed by atoms with E-state index in [2.05, 4.69) is 10.1 Å². The summed E-state index contributed by atoms with van der Waals surface area (Å²) in [5.41, 5.74) is 6.89. The molecule has 1 aromatic heterocycles. The van der Waals surface area contributed by atoms with E-state index in [0.29, 0.717) is 28.4 Å². The van der Waals surface area contributed by atoms with Gasteiger partial charge in [0.2, 0.25) is 11.7 Å². The monoisotopic (exact) mass is 283 g/mol. The van der Waals surface area contributed by atoms with Crippen molar-refractivity contribution >= 4 is 5.91 Å². The van der Waals surface area contributed by atoms with Crippen molar-refractivity contribution in [2.24, 2.45) is 5.73 Å². The second kappa shape index (κ2) is 5.16. The number of halogens is 1. The molecule has 6 heteroatoms. The zero-order valence-electron chi connectivity index (χ0n) is 10.8. The van der Waals surface area contributed by atoms with Crippen LogP contribution in [0, 0.1) is 5.82 Å². The van der Waals surface area contributed by atoms with Gasteiger partial charge in [0, 0.05) is 16.7 Å². The first-order valence-corrected chi connectivity index (χ1v) is 6.13. The van der Waals surface area contributed by atoms with Crippen molar-refractivity contribution in [3.05, 3.63) is 59.9 Å². The molecule has 0 aliphatic carbocycles. The number of nitrogens with zero attached hydrogens (tertiary/aromatic N) is 2. The van der Waals surface area contributed by atoms with E-state index in [4.69, 9.17) is 10.3 Å². The molecule has 0 radical (unpaired) electrons. The fourth-order valence-electron chi connectivity index (χ4n) is 1.83. The summed E-state index contributed by atoms with van der Waals surface area (Å²) in [4.78, 5) is 15.2. The van der Waals surface area contributed by atoms with E-state index in [-0.39, 0.29) is 5.82 Å². The van der Waals surface area contributed by atoms with E-state index < -0.39 is 5.91 Å². The summed E-state index contributed by atoms with van der Waals surface area (Å²) >= 11 is 0. The number of aromatic nitrogens is 2. The number of benzene rings is 2. The van der Waals surface area contributed by atoms with Crippen molar-refractivity contribution in [2.75, 3.05) is 0 Å². The Morgan fingerprint density at radius 1 is 1.00 bits per heavy atom. The van der Waals surface area contributed by atoms with Gasteiger partial charge in [0.05, 0.1) is 0 Å². The fraction of sp³-hybridized carbons (Fsp3) is 0. The third-order valence-electron chi connectivity index (χ3n) is 2.94. The average molecular weight is 283 g/mol. The molecule has 0 aliphatic rings. The molecule has 0 saturated carbocycles. The summed E-state index contributed by atoms with van der Waals surface area (Å²) in [5.74, 6) is -0.155. The van der Waals surface area contributed by atoms with Crippen LogP contribution in [-0.2, 0) is 0 Å². The zero-order chi connectivity index (χ0) is 14.8. The minimum absolute atomic E-state index is 0.311. The van der Waals surface area contributed by atoms with Gasteiger partial charge in [-0.15, -0.1) is 0 Å². The van der Waals surface area contributed by atoms with Gasteiger partial charge in [0.1, 0.15) is 5.82 Å². The summed E-state index contributed by atoms with van der Waals surface area (Å²) in [6.45, 7) is 0. The van der Waals surface area contributed by atoms with Crippen LogP contribution in [0.1, 0.15) is 10.4 Å². The Balaban J connectivity index is 1.90. The Labute approximate surface area is 119 Å². The Morgan fingerprint density at radius 2 is 1.62 bits per heavy atom. The SMILES string of the molecule is NC(=O)c1ccc(-c2nc(-c3ccc(F)cc3)no2)cc1. The third kappa shape index (κ3) is 2.64. The Kier molecular flexibility index (Phi) is 3.19. The third-order valence-corrected chi connectivity index (χ3v) is 2.94. The maximum Gasteiger partial charge on any atom is 0.258 e. The predicted octanol–water partition coefficient (Wildman–Crippen LogP) is 2.64. The molecule has 0 bridgehead atoms. The van der Waals surface area contributed by atoms with Gasteiger partial charge in [0.15, 0.2) is 0 Å². The minimum Gasteiger partial charge on any atom is -0.366 e. The lowest BCUT2D eigenvalue weighted by molar-refractivity contribution is 0.100. The summed E-state index contributed by atoms with van der Waals surface area (Å²) in [7, 11) is 0. The predicted molar refractivity (Wildman–Crippen MR) is 73.6 cm³/mol. The highest BCUT2D eigenvalue weighted by Gasteiger charge is 2.11. The van der Waals surface area contributed by atoms with E-state index in [1.54, 1.807) is 36.4 Å². The molecule has 0 atom stereocenters. The molecule has 0 saturated heterocycles. The van der Waals surface area contributed by atoms with E-state index in [1.165, 1.54) is 12.1 Å². The molecular formula is C15H10FN3O2. The Bertz CT molecular complexity index is 779. The van der Waals surface area contributed by atoms with Gasteiger partial charge in [-0.05, 0) is 48.5 Å². The quantitative estimate of drug-likeness (QED) is 0.801. The fourth-order valence-corrected chi connectivity index (χ4v) is 1.83. The van der Waals surface area contributed by atoms with Gasteiger partial charge in [-0.1, -0.05) is 5.16 Å². The van der Waals surface area contributed by atoms with E-state index >= 15 is 0 Å². The number of carbonyl (C=O) groups excluding carboxylic acids is 1. The maximum atomic E-state index is 12.9. The smallest absolute Gasteiger partial charge is 0.258 e. The molecule has 2 N–H and O–H groups in total. The van der Waals surface area contributed by atoms with Gasteiger partial charge in [-0.3, -0.25) is 4.79 Å². The Morgan fingerprint density at radius 3 is 2.24 bits per heavy atom. The molecule has 0 unspecified atom stereocenters. The molecule has 104 valence electrons. The van der Waals surface area contributed by atoms with Crippen LogP contribution in [0.4, 0.5) is 4.39 Å². The second-order valence-corrected chi connectivity index (χ2v) is 4.37.